The molecule has 2 heterocycles. The first-order chi connectivity index (χ1) is 9.89. The molecule has 0 amide bonds. The average molecular weight is 290 g/mol. The zero-order valence-electron chi connectivity index (χ0n) is 14.2. The van der Waals surface area contributed by atoms with E-state index in [0.717, 1.165) is 45.0 Å². The molecule has 2 rings (SSSR count). The van der Waals surface area contributed by atoms with E-state index in [1.807, 2.05) is 6.20 Å². The Morgan fingerprint density at radius 3 is 2.43 bits per heavy atom. The minimum Gasteiger partial charge on any atom is -0.369 e. The molecule has 118 valence electrons. The van der Waals surface area contributed by atoms with Gasteiger partial charge < -0.3 is 15.1 Å². The SMILES string of the molecule is CCN1CCN(c2cc(C)ncc2CNC(C)(C)C)CC1. The average Bonchev–Trinajstić information content (AvgIpc) is 2.45. The van der Waals surface area contributed by atoms with Crippen LogP contribution in [0.2, 0.25) is 0 Å². The maximum atomic E-state index is 4.49. The highest BCUT2D eigenvalue weighted by Gasteiger charge is 2.19. The minimum atomic E-state index is 0.128. The summed E-state index contributed by atoms with van der Waals surface area (Å²) in [5.74, 6) is 0. The fourth-order valence-electron chi connectivity index (χ4n) is 2.67. The lowest BCUT2D eigenvalue weighted by molar-refractivity contribution is 0.271. The molecular formula is C17H30N4. The topological polar surface area (TPSA) is 31.4 Å². The number of pyridine rings is 1. The molecule has 1 aliphatic heterocycles. The van der Waals surface area contributed by atoms with Gasteiger partial charge in [-0.2, -0.15) is 0 Å². The highest BCUT2D eigenvalue weighted by Crippen LogP contribution is 2.23. The molecule has 0 spiro atoms. The molecule has 0 aliphatic carbocycles. The third-order valence-electron chi connectivity index (χ3n) is 4.07. The number of aromatic nitrogens is 1. The summed E-state index contributed by atoms with van der Waals surface area (Å²) in [6, 6.07) is 2.24. The molecule has 1 N–H and O–H groups in total. The highest BCUT2D eigenvalue weighted by atomic mass is 15.3. The second kappa shape index (κ2) is 6.75. The lowest BCUT2D eigenvalue weighted by Gasteiger charge is -2.36. The van der Waals surface area contributed by atoms with Gasteiger partial charge in [-0.25, -0.2) is 0 Å². The number of rotatable bonds is 4. The van der Waals surface area contributed by atoms with Crippen LogP contribution in [0, 0.1) is 6.92 Å². The summed E-state index contributed by atoms with van der Waals surface area (Å²) in [5, 5.41) is 3.58. The molecule has 21 heavy (non-hydrogen) atoms. The number of nitrogens with zero attached hydrogens (tertiary/aromatic N) is 3. The maximum Gasteiger partial charge on any atom is 0.0446 e. The van der Waals surface area contributed by atoms with Crippen LogP contribution in [0.1, 0.15) is 39.0 Å². The number of aryl methyl sites for hydroxylation is 1. The van der Waals surface area contributed by atoms with E-state index in [1.165, 1.54) is 11.3 Å². The van der Waals surface area contributed by atoms with Crippen molar-refractivity contribution in [2.75, 3.05) is 37.6 Å². The van der Waals surface area contributed by atoms with E-state index in [4.69, 9.17) is 0 Å². The molecule has 1 aromatic heterocycles. The molecule has 4 heteroatoms. The van der Waals surface area contributed by atoms with E-state index in [0.29, 0.717) is 0 Å². The Balaban J connectivity index is 2.12. The van der Waals surface area contributed by atoms with Crippen LogP contribution < -0.4 is 10.2 Å². The van der Waals surface area contributed by atoms with Crippen molar-refractivity contribution in [3.05, 3.63) is 23.5 Å². The van der Waals surface area contributed by atoms with E-state index in [9.17, 15) is 0 Å². The fraction of sp³-hybridized carbons (Fsp3) is 0.706. The van der Waals surface area contributed by atoms with Crippen molar-refractivity contribution in [2.24, 2.45) is 0 Å². The normalized spacial score (nSPS) is 17.3. The predicted octanol–water partition coefficient (Wildman–Crippen LogP) is 2.42. The van der Waals surface area contributed by atoms with Crippen molar-refractivity contribution in [3.63, 3.8) is 0 Å². The van der Waals surface area contributed by atoms with E-state index in [-0.39, 0.29) is 5.54 Å². The first kappa shape index (κ1) is 16.2. The summed E-state index contributed by atoms with van der Waals surface area (Å²) < 4.78 is 0. The van der Waals surface area contributed by atoms with Crippen molar-refractivity contribution in [1.82, 2.24) is 15.2 Å². The Kier molecular flexibility index (Phi) is 5.22. The molecule has 0 radical (unpaired) electrons. The zero-order valence-corrected chi connectivity index (χ0v) is 14.2. The van der Waals surface area contributed by atoms with Crippen LogP contribution in [-0.2, 0) is 6.54 Å². The number of nitrogens with one attached hydrogen (secondary N) is 1. The lowest BCUT2D eigenvalue weighted by Crippen LogP contribution is -2.46. The van der Waals surface area contributed by atoms with Gasteiger partial charge in [-0.15, -0.1) is 0 Å². The fourth-order valence-corrected chi connectivity index (χ4v) is 2.67. The molecule has 0 aromatic carbocycles. The molecule has 0 unspecified atom stereocenters. The van der Waals surface area contributed by atoms with E-state index < -0.39 is 0 Å². The van der Waals surface area contributed by atoms with Gasteiger partial charge in [0.15, 0.2) is 0 Å². The van der Waals surface area contributed by atoms with Crippen LogP contribution in [0.25, 0.3) is 0 Å². The van der Waals surface area contributed by atoms with Gasteiger partial charge in [0.2, 0.25) is 0 Å². The van der Waals surface area contributed by atoms with Gasteiger partial charge in [-0.1, -0.05) is 6.92 Å². The number of hydrogen-bond acceptors (Lipinski definition) is 4. The molecule has 0 bridgehead atoms. The van der Waals surface area contributed by atoms with Crippen LogP contribution in [0.4, 0.5) is 5.69 Å². The van der Waals surface area contributed by atoms with Crippen LogP contribution in [0.5, 0.6) is 0 Å². The third-order valence-corrected chi connectivity index (χ3v) is 4.07. The van der Waals surface area contributed by atoms with Gasteiger partial charge in [0, 0.05) is 61.4 Å². The van der Waals surface area contributed by atoms with Crippen LogP contribution in [-0.4, -0.2) is 48.1 Å². The summed E-state index contributed by atoms with van der Waals surface area (Å²) >= 11 is 0. The summed E-state index contributed by atoms with van der Waals surface area (Å²) in [4.78, 5) is 9.52. The van der Waals surface area contributed by atoms with Crippen molar-refractivity contribution in [3.8, 4) is 0 Å². The summed E-state index contributed by atoms with van der Waals surface area (Å²) in [7, 11) is 0. The van der Waals surface area contributed by atoms with Crippen molar-refractivity contribution < 1.29 is 0 Å². The molecule has 0 atom stereocenters. The second-order valence-electron chi connectivity index (χ2n) is 6.98. The van der Waals surface area contributed by atoms with Crippen molar-refractivity contribution >= 4 is 5.69 Å². The zero-order chi connectivity index (χ0) is 15.5. The van der Waals surface area contributed by atoms with E-state index in [1.54, 1.807) is 0 Å². The predicted molar refractivity (Wildman–Crippen MR) is 89.9 cm³/mol. The van der Waals surface area contributed by atoms with Gasteiger partial charge in [0.05, 0.1) is 0 Å². The number of anilines is 1. The number of piperazine rings is 1. The molecule has 0 saturated carbocycles. The highest BCUT2D eigenvalue weighted by molar-refractivity contribution is 5.54. The number of hydrogen-bond donors (Lipinski definition) is 1. The van der Waals surface area contributed by atoms with Crippen molar-refractivity contribution in [2.45, 2.75) is 46.7 Å². The van der Waals surface area contributed by atoms with Crippen molar-refractivity contribution in [1.29, 1.82) is 0 Å². The lowest BCUT2D eigenvalue weighted by atomic mass is 10.1. The molecular weight excluding hydrogens is 260 g/mol. The Hall–Kier alpha value is -1.13. The summed E-state index contributed by atoms with van der Waals surface area (Å²) in [6.07, 6.45) is 2.04. The maximum absolute atomic E-state index is 4.49. The largest absolute Gasteiger partial charge is 0.369 e. The first-order valence-corrected chi connectivity index (χ1v) is 8.07. The smallest absolute Gasteiger partial charge is 0.0446 e. The van der Waals surface area contributed by atoms with Gasteiger partial charge in [-0.3, -0.25) is 4.98 Å². The van der Waals surface area contributed by atoms with Gasteiger partial charge >= 0.3 is 0 Å². The Bertz CT molecular complexity index is 456. The number of likely N-dealkylation sites (N-methyl/N-ethyl adjacent to an activating group) is 1. The molecule has 4 nitrogen and oxygen atoms in total. The molecule has 1 saturated heterocycles. The molecule has 1 aliphatic rings. The quantitative estimate of drug-likeness (QED) is 0.923. The van der Waals surface area contributed by atoms with Gasteiger partial charge in [0.1, 0.15) is 0 Å². The first-order valence-electron chi connectivity index (χ1n) is 8.07. The Morgan fingerprint density at radius 2 is 1.86 bits per heavy atom. The summed E-state index contributed by atoms with van der Waals surface area (Å²) in [5.41, 5.74) is 3.89. The second-order valence-corrected chi connectivity index (χ2v) is 6.98. The van der Waals surface area contributed by atoms with Gasteiger partial charge in [0.25, 0.3) is 0 Å². The van der Waals surface area contributed by atoms with Crippen LogP contribution in [0.15, 0.2) is 12.3 Å². The molecule has 1 aromatic rings. The van der Waals surface area contributed by atoms with Gasteiger partial charge in [-0.05, 0) is 40.3 Å². The Labute approximate surface area is 129 Å². The third kappa shape index (κ3) is 4.68. The monoisotopic (exact) mass is 290 g/mol. The Morgan fingerprint density at radius 1 is 1.19 bits per heavy atom. The molecule has 1 fully saturated rings. The van der Waals surface area contributed by atoms with E-state index in [2.05, 4.69) is 60.8 Å². The minimum absolute atomic E-state index is 0.128. The standard InChI is InChI=1S/C17H30N4/c1-6-20-7-9-21(10-8-20)16-11-14(2)18-12-15(16)13-19-17(3,4)5/h11-12,19H,6-10,13H2,1-5H3. The van der Waals surface area contributed by atoms with Crippen LogP contribution in [0.3, 0.4) is 0 Å². The summed E-state index contributed by atoms with van der Waals surface area (Å²) in [6.45, 7) is 17.5. The van der Waals surface area contributed by atoms with E-state index >= 15 is 0 Å². The van der Waals surface area contributed by atoms with Crippen LogP contribution >= 0.6 is 0 Å².